The van der Waals surface area contributed by atoms with Gasteiger partial charge in [0.2, 0.25) is 0 Å². The Morgan fingerprint density at radius 3 is 0.588 bits per heavy atom. The number of hydrogen-bond acceptors (Lipinski definition) is 17. The molecule has 51 heavy (non-hydrogen) atoms. The summed E-state index contributed by atoms with van der Waals surface area (Å²) < 4.78 is 81.2. The van der Waals surface area contributed by atoms with Gasteiger partial charge in [0.25, 0.3) is 0 Å². The van der Waals surface area contributed by atoms with E-state index in [1.807, 2.05) is 0 Å². The molecule has 19 heteroatoms. The molecule has 0 aromatic heterocycles. The quantitative estimate of drug-likeness (QED) is 0.0389. The summed E-state index contributed by atoms with van der Waals surface area (Å²) in [5.41, 5.74) is 13.5. The van der Waals surface area contributed by atoms with E-state index in [0.717, 1.165) is 0 Å². The second kappa shape index (κ2) is 48.7. The zero-order valence-electron chi connectivity index (χ0n) is 30.7. The van der Waals surface area contributed by atoms with Gasteiger partial charge in [0.05, 0.1) is 198 Å². The Hall–Kier alpha value is -1.33. The van der Waals surface area contributed by atoms with E-state index < -0.39 is 0 Å². The van der Waals surface area contributed by atoms with Gasteiger partial charge in [-0.1, -0.05) is 5.11 Å². The van der Waals surface area contributed by atoms with E-state index >= 15 is 0 Å². The third-order valence-corrected chi connectivity index (χ3v) is 5.87. The summed E-state index contributed by atoms with van der Waals surface area (Å²) in [4.78, 5) is 2.64. The number of nitrogens with two attached hydrogens (primary N) is 1. The summed E-state index contributed by atoms with van der Waals surface area (Å²) in [6, 6.07) is 0. The van der Waals surface area contributed by atoms with E-state index in [-0.39, 0.29) is 0 Å². The molecule has 304 valence electrons. The number of nitrogens with zero attached hydrogens (tertiary/aromatic N) is 3. The maximum atomic E-state index is 8.14. The Kier molecular flexibility index (Phi) is 47.4. The summed E-state index contributed by atoms with van der Waals surface area (Å²) in [6.07, 6.45) is 0. The Labute approximate surface area is 303 Å². The molecule has 0 aromatic rings. The van der Waals surface area contributed by atoms with Crippen LogP contribution in [0.4, 0.5) is 0 Å². The lowest BCUT2D eigenvalue weighted by Gasteiger charge is -2.09. The van der Waals surface area contributed by atoms with Crippen LogP contribution in [0.5, 0.6) is 0 Å². The molecule has 0 spiro atoms. The van der Waals surface area contributed by atoms with Crippen molar-refractivity contribution in [1.29, 1.82) is 0 Å². The van der Waals surface area contributed by atoms with Crippen LogP contribution in [0.25, 0.3) is 10.4 Å². The van der Waals surface area contributed by atoms with Gasteiger partial charge in [-0.25, -0.2) is 0 Å². The molecule has 0 saturated carbocycles. The maximum absolute atomic E-state index is 8.14. The normalized spacial score (nSPS) is 11.4. The number of hydrogen-bond donors (Lipinski definition) is 1. The Bertz CT molecular complexity index is 689. The smallest absolute Gasteiger partial charge is 0.0701 e. The highest BCUT2D eigenvalue weighted by Gasteiger charge is 1.97. The maximum Gasteiger partial charge on any atom is 0.0701 e. The van der Waals surface area contributed by atoms with Crippen molar-refractivity contribution >= 4 is 0 Å². The summed E-state index contributed by atoms with van der Waals surface area (Å²) in [6.45, 7) is 15.8. The lowest BCUT2D eigenvalue weighted by Crippen LogP contribution is -2.16. The molecule has 0 rings (SSSR count). The predicted molar refractivity (Wildman–Crippen MR) is 185 cm³/mol. The first-order chi connectivity index (χ1) is 25.4. The van der Waals surface area contributed by atoms with Crippen LogP contribution < -0.4 is 5.73 Å². The van der Waals surface area contributed by atoms with Crippen LogP contribution in [-0.2, 0) is 71.1 Å². The molecule has 0 aliphatic carbocycles. The first-order valence-corrected chi connectivity index (χ1v) is 17.8. The monoisotopic (exact) mass is 746 g/mol. The first-order valence-electron chi connectivity index (χ1n) is 17.8. The largest absolute Gasteiger partial charge is 0.379 e. The minimum atomic E-state index is 0.325. The second-order valence-corrected chi connectivity index (χ2v) is 9.93. The van der Waals surface area contributed by atoms with Crippen LogP contribution in [0.1, 0.15) is 0 Å². The molecular formula is C32H66N4O15. The fourth-order valence-electron chi connectivity index (χ4n) is 3.41. The van der Waals surface area contributed by atoms with E-state index in [1.165, 1.54) is 0 Å². The molecule has 0 unspecified atom stereocenters. The van der Waals surface area contributed by atoms with Gasteiger partial charge >= 0.3 is 0 Å². The van der Waals surface area contributed by atoms with Crippen LogP contribution >= 0.6 is 0 Å². The van der Waals surface area contributed by atoms with Crippen molar-refractivity contribution in [3.63, 3.8) is 0 Å². The Balaban J connectivity index is 3.05. The molecule has 2 N–H and O–H groups in total. The van der Waals surface area contributed by atoms with Crippen molar-refractivity contribution in [2.24, 2.45) is 10.8 Å². The van der Waals surface area contributed by atoms with Crippen molar-refractivity contribution in [3.8, 4) is 0 Å². The van der Waals surface area contributed by atoms with Crippen molar-refractivity contribution in [1.82, 2.24) is 0 Å². The molecule has 0 heterocycles. The van der Waals surface area contributed by atoms with Crippen molar-refractivity contribution in [2.75, 3.05) is 211 Å². The standard InChI is InChI=1S/C32H66N4O15/c33-1-3-37-5-7-39-9-11-41-13-15-43-17-19-45-21-23-47-25-27-49-29-31-51-32-30-50-28-26-48-24-22-46-20-18-44-16-14-42-12-10-40-8-6-38-4-2-35-36-34/h1-33H2. The zero-order valence-corrected chi connectivity index (χ0v) is 30.7. The fourth-order valence-corrected chi connectivity index (χ4v) is 3.41. The molecule has 0 aliphatic rings. The SMILES string of the molecule is [N-]=[N+]=NCCOCCOCCOCCOCCOCCOCCOCCOCCOCCOCCOCCOCCOCCOCCOCCN. The number of ether oxygens (including phenoxy) is 15. The van der Waals surface area contributed by atoms with E-state index in [2.05, 4.69) is 10.0 Å². The molecule has 19 nitrogen and oxygen atoms in total. The lowest BCUT2D eigenvalue weighted by atomic mass is 10.6. The van der Waals surface area contributed by atoms with Gasteiger partial charge in [0.1, 0.15) is 0 Å². The average molecular weight is 747 g/mol. The van der Waals surface area contributed by atoms with Gasteiger partial charge in [-0.2, -0.15) is 0 Å². The third-order valence-electron chi connectivity index (χ3n) is 5.87. The topological polar surface area (TPSA) is 213 Å². The molecule has 0 aromatic carbocycles. The minimum Gasteiger partial charge on any atom is -0.379 e. The zero-order chi connectivity index (χ0) is 36.6. The molecule has 0 atom stereocenters. The Morgan fingerprint density at radius 2 is 0.431 bits per heavy atom. The predicted octanol–water partition coefficient (Wildman–Crippen LogP) is 0.504. The summed E-state index contributed by atoms with van der Waals surface area (Å²) in [5, 5.41) is 3.37. The third kappa shape index (κ3) is 48.7. The highest BCUT2D eigenvalue weighted by Crippen LogP contribution is 1.88. The van der Waals surface area contributed by atoms with E-state index in [4.69, 9.17) is 82.3 Å². The van der Waals surface area contributed by atoms with Gasteiger partial charge < -0.3 is 76.8 Å². The molecule has 0 amide bonds. The molecule has 0 aliphatic heterocycles. The summed E-state index contributed by atoms with van der Waals surface area (Å²) >= 11 is 0. The van der Waals surface area contributed by atoms with Gasteiger partial charge in [-0.15, -0.1) is 0 Å². The molecule has 0 fully saturated rings. The van der Waals surface area contributed by atoms with E-state index in [0.29, 0.717) is 211 Å². The van der Waals surface area contributed by atoms with Crippen LogP contribution in [0.2, 0.25) is 0 Å². The van der Waals surface area contributed by atoms with Gasteiger partial charge in [0, 0.05) is 18.0 Å². The van der Waals surface area contributed by atoms with E-state index in [1.54, 1.807) is 0 Å². The molecule has 0 saturated heterocycles. The van der Waals surface area contributed by atoms with Crippen molar-refractivity contribution < 1.29 is 71.1 Å². The van der Waals surface area contributed by atoms with Crippen LogP contribution in [0, 0.1) is 0 Å². The fraction of sp³-hybridized carbons (Fsp3) is 1.00. The molecular weight excluding hydrogens is 680 g/mol. The van der Waals surface area contributed by atoms with Crippen LogP contribution in [0.3, 0.4) is 0 Å². The Morgan fingerprint density at radius 1 is 0.275 bits per heavy atom. The second-order valence-electron chi connectivity index (χ2n) is 9.93. The van der Waals surface area contributed by atoms with Crippen LogP contribution in [-0.4, -0.2) is 211 Å². The highest BCUT2D eigenvalue weighted by molar-refractivity contribution is 4.44. The van der Waals surface area contributed by atoms with Gasteiger partial charge in [-0.05, 0) is 5.53 Å². The molecule has 0 radical (unpaired) electrons. The van der Waals surface area contributed by atoms with Crippen molar-refractivity contribution in [2.45, 2.75) is 0 Å². The summed E-state index contributed by atoms with van der Waals surface area (Å²) in [5.74, 6) is 0. The van der Waals surface area contributed by atoms with Crippen LogP contribution in [0.15, 0.2) is 5.11 Å². The average Bonchev–Trinajstić information content (AvgIpc) is 3.14. The highest BCUT2D eigenvalue weighted by atomic mass is 16.6. The van der Waals surface area contributed by atoms with Gasteiger partial charge in [0.15, 0.2) is 0 Å². The van der Waals surface area contributed by atoms with Crippen molar-refractivity contribution in [3.05, 3.63) is 10.4 Å². The number of rotatable bonds is 47. The first kappa shape index (κ1) is 49.7. The van der Waals surface area contributed by atoms with Gasteiger partial charge in [-0.3, -0.25) is 0 Å². The minimum absolute atomic E-state index is 0.325. The molecule has 0 bridgehead atoms. The van der Waals surface area contributed by atoms with E-state index in [9.17, 15) is 0 Å². The summed E-state index contributed by atoms with van der Waals surface area (Å²) in [7, 11) is 0. The lowest BCUT2D eigenvalue weighted by molar-refractivity contribution is -0.0299. The number of azide groups is 1.